The van der Waals surface area contributed by atoms with Gasteiger partial charge >= 0.3 is 0 Å². The number of aromatic nitrogens is 4. The lowest BCUT2D eigenvalue weighted by molar-refractivity contribution is 0.688. The van der Waals surface area contributed by atoms with Gasteiger partial charge in [0.1, 0.15) is 0 Å². The second-order valence-corrected chi connectivity index (χ2v) is 4.15. The van der Waals surface area contributed by atoms with Gasteiger partial charge in [0.25, 0.3) is 5.56 Å². The van der Waals surface area contributed by atoms with Crippen molar-refractivity contribution < 1.29 is 0 Å². The molecule has 0 spiro atoms. The summed E-state index contributed by atoms with van der Waals surface area (Å²) in [6.45, 7) is 1.87. The Kier molecular flexibility index (Phi) is 2.72. The van der Waals surface area contributed by atoms with Gasteiger partial charge in [-0.1, -0.05) is 18.2 Å². The Hall–Kier alpha value is -2.69. The molecule has 2 heterocycles. The van der Waals surface area contributed by atoms with Gasteiger partial charge in [-0.25, -0.2) is 14.3 Å². The lowest BCUT2D eigenvalue weighted by Gasteiger charge is -2.12. The highest BCUT2D eigenvalue weighted by molar-refractivity contribution is 5.34. The topological polar surface area (TPSA) is 52.7 Å². The molecule has 0 atom stereocenters. The first-order chi connectivity index (χ1) is 9.27. The molecule has 0 unspecified atom stereocenters. The van der Waals surface area contributed by atoms with Gasteiger partial charge in [0.05, 0.1) is 11.9 Å². The summed E-state index contributed by atoms with van der Waals surface area (Å²) >= 11 is 0. The fraction of sp³-hybridized carbons (Fsp3) is 0.0714. The molecule has 0 saturated carbocycles. The molecule has 0 fully saturated rings. The van der Waals surface area contributed by atoms with Crippen molar-refractivity contribution in [2.75, 3.05) is 0 Å². The smallest absolute Gasteiger partial charge is 0.267 e. The molecule has 3 rings (SSSR count). The lowest BCUT2D eigenvalue weighted by atomic mass is 10.3. The van der Waals surface area contributed by atoms with E-state index in [2.05, 4.69) is 9.97 Å². The predicted octanol–water partition coefficient (Wildman–Crippen LogP) is 1.73. The van der Waals surface area contributed by atoms with E-state index in [0.717, 1.165) is 11.4 Å². The summed E-state index contributed by atoms with van der Waals surface area (Å²) in [5, 5.41) is 0. The zero-order valence-corrected chi connectivity index (χ0v) is 10.4. The molecule has 0 saturated heterocycles. The number of rotatable bonds is 2. The average molecular weight is 252 g/mol. The number of hydrogen-bond acceptors (Lipinski definition) is 3. The first kappa shape index (κ1) is 11.4. The Morgan fingerprint density at radius 1 is 1.05 bits per heavy atom. The standard InChI is InChI=1S/C14H12N4O/c1-11-9-14(19)18(12-5-3-2-4-6-12)17(11)13-10-15-7-8-16-13/h2-10H,1H3. The number of nitrogens with zero attached hydrogens (tertiary/aromatic N) is 4. The van der Waals surface area contributed by atoms with E-state index in [1.54, 1.807) is 34.0 Å². The summed E-state index contributed by atoms with van der Waals surface area (Å²) in [7, 11) is 0. The van der Waals surface area contributed by atoms with Crippen molar-refractivity contribution in [3.8, 4) is 11.5 Å². The van der Waals surface area contributed by atoms with E-state index in [9.17, 15) is 4.79 Å². The Morgan fingerprint density at radius 3 is 2.53 bits per heavy atom. The third-order valence-electron chi connectivity index (χ3n) is 2.84. The molecule has 94 valence electrons. The van der Waals surface area contributed by atoms with Crippen LogP contribution in [0.2, 0.25) is 0 Å². The van der Waals surface area contributed by atoms with Crippen molar-refractivity contribution in [3.05, 3.63) is 71.0 Å². The first-order valence-corrected chi connectivity index (χ1v) is 5.91. The largest absolute Gasteiger partial charge is 0.272 e. The van der Waals surface area contributed by atoms with Gasteiger partial charge in [0.15, 0.2) is 5.82 Å². The van der Waals surface area contributed by atoms with Gasteiger partial charge in [-0.05, 0) is 19.1 Å². The maximum atomic E-state index is 12.1. The third kappa shape index (κ3) is 1.95. The molecule has 0 aliphatic heterocycles. The van der Waals surface area contributed by atoms with Gasteiger partial charge in [-0.15, -0.1) is 0 Å². The number of aryl methyl sites for hydroxylation is 1. The Bertz CT molecular complexity index is 744. The maximum Gasteiger partial charge on any atom is 0.272 e. The van der Waals surface area contributed by atoms with Crippen molar-refractivity contribution >= 4 is 0 Å². The first-order valence-electron chi connectivity index (χ1n) is 5.91. The zero-order chi connectivity index (χ0) is 13.2. The van der Waals surface area contributed by atoms with Crippen LogP contribution in [0.3, 0.4) is 0 Å². The van der Waals surface area contributed by atoms with Crippen LogP contribution >= 0.6 is 0 Å². The monoisotopic (exact) mass is 252 g/mol. The number of benzene rings is 1. The van der Waals surface area contributed by atoms with E-state index in [-0.39, 0.29) is 5.56 Å². The highest BCUT2D eigenvalue weighted by Gasteiger charge is 2.12. The highest BCUT2D eigenvalue weighted by Crippen LogP contribution is 2.11. The van der Waals surface area contributed by atoms with Crippen LogP contribution in [0, 0.1) is 6.92 Å². The van der Waals surface area contributed by atoms with E-state index in [1.165, 1.54) is 0 Å². The minimum absolute atomic E-state index is 0.0886. The minimum atomic E-state index is -0.0886. The molecular weight excluding hydrogens is 240 g/mol. The Balaban J connectivity index is 2.30. The van der Waals surface area contributed by atoms with Gasteiger partial charge in [-0.2, -0.15) is 0 Å². The molecule has 19 heavy (non-hydrogen) atoms. The fourth-order valence-electron chi connectivity index (χ4n) is 2.05. The number of para-hydroxylation sites is 1. The Morgan fingerprint density at radius 2 is 1.84 bits per heavy atom. The van der Waals surface area contributed by atoms with E-state index in [4.69, 9.17) is 0 Å². The molecule has 3 aromatic rings. The quantitative estimate of drug-likeness (QED) is 0.698. The van der Waals surface area contributed by atoms with Crippen LogP contribution in [0.4, 0.5) is 0 Å². The molecule has 0 radical (unpaired) electrons. The summed E-state index contributed by atoms with van der Waals surface area (Å²) in [5.41, 5.74) is 1.52. The second-order valence-electron chi connectivity index (χ2n) is 4.15. The third-order valence-corrected chi connectivity index (χ3v) is 2.84. The zero-order valence-electron chi connectivity index (χ0n) is 10.4. The Labute approximate surface area is 109 Å². The molecule has 0 amide bonds. The average Bonchev–Trinajstić information content (AvgIpc) is 2.75. The summed E-state index contributed by atoms with van der Waals surface area (Å²) in [6, 6.07) is 11.1. The van der Waals surface area contributed by atoms with Gasteiger partial charge in [0.2, 0.25) is 0 Å². The fourth-order valence-corrected chi connectivity index (χ4v) is 2.05. The molecule has 0 N–H and O–H groups in total. The molecule has 1 aromatic carbocycles. The second kappa shape index (κ2) is 4.53. The van der Waals surface area contributed by atoms with Crippen molar-refractivity contribution in [1.82, 2.24) is 19.3 Å². The summed E-state index contributed by atoms with van der Waals surface area (Å²) in [5.74, 6) is 0.617. The van der Waals surface area contributed by atoms with Crippen LogP contribution in [-0.2, 0) is 0 Å². The van der Waals surface area contributed by atoms with Gasteiger partial charge < -0.3 is 0 Å². The van der Waals surface area contributed by atoms with E-state index in [1.807, 2.05) is 37.3 Å². The van der Waals surface area contributed by atoms with Crippen LogP contribution in [0.15, 0.2) is 59.8 Å². The predicted molar refractivity (Wildman–Crippen MR) is 71.7 cm³/mol. The van der Waals surface area contributed by atoms with Gasteiger partial charge in [-0.3, -0.25) is 9.78 Å². The maximum absolute atomic E-state index is 12.1. The van der Waals surface area contributed by atoms with Crippen molar-refractivity contribution in [1.29, 1.82) is 0 Å². The molecule has 5 heteroatoms. The summed E-state index contributed by atoms with van der Waals surface area (Å²) in [4.78, 5) is 20.4. The minimum Gasteiger partial charge on any atom is -0.267 e. The van der Waals surface area contributed by atoms with Crippen LogP contribution in [0.5, 0.6) is 0 Å². The normalized spacial score (nSPS) is 10.6. The van der Waals surface area contributed by atoms with Crippen molar-refractivity contribution in [2.45, 2.75) is 6.92 Å². The highest BCUT2D eigenvalue weighted by atomic mass is 16.1. The molecule has 0 aliphatic carbocycles. The van der Waals surface area contributed by atoms with Crippen LogP contribution in [-0.4, -0.2) is 19.3 Å². The number of hydrogen-bond donors (Lipinski definition) is 0. The lowest BCUT2D eigenvalue weighted by Crippen LogP contribution is -2.20. The molecular formula is C14H12N4O. The van der Waals surface area contributed by atoms with Crippen molar-refractivity contribution in [3.63, 3.8) is 0 Å². The van der Waals surface area contributed by atoms with Crippen LogP contribution in [0.1, 0.15) is 5.69 Å². The molecule has 5 nitrogen and oxygen atoms in total. The summed E-state index contributed by atoms with van der Waals surface area (Å²) < 4.78 is 3.34. The SMILES string of the molecule is Cc1cc(=O)n(-c2ccccc2)n1-c1cnccn1. The summed E-state index contributed by atoms with van der Waals surface area (Å²) in [6.07, 6.45) is 4.84. The molecule has 0 aliphatic rings. The van der Waals surface area contributed by atoms with Crippen LogP contribution in [0.25, 0.3) is 11.5 Å². The van der Waals surface area contributed by atoms with Crippen LogP contribution < -0.4 is 5.56 Å². The molecule has 2 aromatic heterocycles. The van der Waals surface area contributed by atoms with Gasteiger partial charge in [0, 0.05) is 24.2 Å². The van der Waals surface area contributed by atoms with Crippen molar-refractivity contribution in [2.24, 2.45) is 0 Å². The van der Waals surface area contributed by atoms with E-state index < -0.39 is 0 Å². The van der Waals surface area contributed by atoms with E-state index in [0.29, 0.717) is 5.82 Å². The van der Waals surface area contributed by atoms with E-state index >= 15 is 0 Å². The molecule has 0 bridgehead atoms.